The van der Waals surface area contributed by atoms with Gasteiger partial charge in [0.15, 0.2) is 0 Å². The maximum atomic E-state index is 14.0. The zero-order valence-corrected chi connectivity index (χ0v) is 16.1. The Morgan fingerprint density at radius 2 is 1.79 bits per heavy atom. The second kappa shape index (κ2) is 9.25. The standard InChI is InChI=1S/C22H23FN6/c23-20-10-5-4-9-19(20)16-29-26-21(22(27-29)18-7-2-1-3-8-18)15-24-11-6-13-28-14-12-25-17-28/h1-5,7-10,12,14,17,24H,6,11,13,15-16H2. The summed E-state index contributed by atoms with van der Waals surface area (Å²) in [5.41, 5.74) is 3.25. The molecule has 0 atom stereocenters. The second-order valence-corrected chi connectivity index (χ2v) is 6.81. The van der Waals surface area contributed by atoms with Crippen molar-refractivity contribution in [1.29, 1.82) is 0 Å². The van der Waals surface area contributed by atoms with E-state index in [1.807, 2.05) is 48.9 Å². The molecule has 0 spiro atoms. The van der Waals surface area contributed by atoms with Crippen LogP contribution in [0.5, 0.6) is 0 Å². The zero-order valence-electron chi connectivity index (χ0n) is 16.1. The lowest BCUT2D eigenvalue weighted by Crippen LogP contribution is -2.17. The number of hydrogen-bond donors (Lipinski definition) is 1. The first kappa shape index (κ1) is 19.0. The van der Waals surface area contributed by atoms with Crippen LogP contribution in [-0.4, -0.2) is 31.1 Å². The highest BCUT2D eigenvalue weighted by Gasteiger charge is 2.14. The van der Waals surface area contributed by atoms with Crippen molar-refractivity contribution < 1.29 is 4.39 Å². The lowest BCUT2D eigenvalue weighted by atomic mass is 10.1. The molecule has 0 amide bonds. The van der Waals surface area contributed by atoms with Gasteiger partial charge in [0.1, 0.15) is 17.2 Å². The van der Waals surface area contributed by atoms with Gasteiger partial charge in [-0.1, -0.05) is 48.5 Å². The summed E-state index contributed by atoms with van der Waals surface area (Å²) < 4.78 is 16.1. The summed E-state index contributed by atoms with van der Waals surface area (Å²) in [5.74, 6) is -0.245. The molecule has 7 heteroatoms. The Morgan fingerprint density at radius 3 is 2.59 bits per heavy atom. The number of rotatable bonds is 9. The quantitative estimate of drug-likeness (QED) is 0.444. The molecule has 0 saturated carbocycles. The van der Waals surface area contributed by atoms with Crippen molar-refractivity contribution in [3.63, 3.8) is 0 Å². The van der Waals surface area contributed by atoms with E-state index in [0.717, 1.165) is 36.5 Å². The number of aromatic nitrogens is 5. The minimum Gasteiger partial charge on any atom is -0.337 e. The van der Waals surface area contributed by atoms with E-state index in [9.17, 15) is 4.39 Å². The van der Waals surface area contributed by atoms with E-state index in [-0.39, 0.29) is 5.82 Å². The van der Waals surface area contributed by atoms with Crippen LogP contribution in [0.4, 0.5) is 4.39 Å². The van der Waals surface area contributed by atoms with Gasteiger partial charge in [0.25, 0.3) is 0 Å². The summed E-state index contributed by atoms with van der Waals surface area (Å²) in [6.45, 7) is 2.67. The molecule has 4 aromatic rings. The van der Waals surface area contributed by atoms with Crippen LogP contribution in [-0.2, 0) is 19.6 Å². The molecule has 0 aliphatic heterocycles. The van der Waals surface area contributed by atoms with E-state index in [0.29, 0.717) is 18.7 Å². The monoisotopic (exact) mass is 390 g/mol. The maximum Gasteiger partial charge on any atom is 0.128 e. The minimum atomic E-state index is -0.245. The van der Waals surface area contributed by atoms with Gasteiger partial charge >= 0.3 is 0 Å². The number of hydrogen-bond acceptors (Lipinski definition) is 4. The molecule has 1 N–H and O–H groups in total. The van der Waals surface area contributed by atoms with Gasteiger partial charge in [-0.2, -0.15) is 15.0 Å². The maximum absolute atomic E-state index is 14.0. The minimum absolute atomic E-state index is 0.245. The van der Waals surface area contributed by atoms with Crippen LogP contribution in [0.1, 0.15) is 17.7 Å². The summed E-state index contributed by atoms with van der Waals surface area (Å²) in [6.07, 6.45) is 6.55. The largest absolute Gasteiger partial charge is 0.337 e. The molecule has 4 rings (SSSR count). The van der Waals surface area contributed by atoms with Crippen molar-refractivity contribution in [2.75, 3.05) is 6.54 Å². The molecular formula is C22H23FN6. The van der Waals surface area contributed by atoms with Crippen molar-refractivity contribution in [1.82, 2.24) is 29.9 Å². The molecule has 0 aliphatic carbocycles. The molecule has 0 bridgehead atoms. The third kappa shape index (κ3) is 4.94. The van der Waals surface area contributed by atoms with E-state index in [4.69, 9.17) is 0 Å². The predicted molar refractivity (Wildman–Crippen MR) is 110 cm³/mol. The fourth-order valence-electron chi connectivity index (χ4n) is 3.18. The van der Waals surface area contributed by atoms with E-state index in [1.54, 1.807) is 23.1 Å². The SMILES string of the molecule is Fc1ccccc1Cn1nc(CNCCCn2ccnc2)c(-c2ccccc2)n1. The number of benzene rings is 2. The van der Waals surface area contributed by atoms with E-state index >= 15 is 0 Å². The van der Waals surface area contributed by atoms with Crippen LogP contribution in [0.2, 0.25) is 0 Å². The summed E-state index contributed by atoms with van der Waals surface area (Å²) in [4.78, 5) is 5.62. The molecular weight excluding hydrogens is 367 g/mol. The Morgan fingerprint density at radius 1 is 0.966 bits per heavy atom. The van der Waals surface area contributed by atoms with E-state index in [2.05, 4.69) is 25.1 Å². The van der Waals surface area contributed by atoms with Gasteiger partial charge < -0.3 is 9.88 Å². The average Bonchev–Trinajstić information content (AvgIpc) is 3.40. The average molecular weight is 390 g/mol. The summed E-state index contributed by atoms with van der Waals surface area (Å²) in [5, 5.41) is 12.7. The fourth-order valence-corrected chi connectivity index (χ4v) is 3.18. The highest BCUT2D eigenvalue weighted by molar-refractivity contribution is 5.60. The van der Waals surface area contributed by atoms with Gasteiger partial charge in [-0.3, -0.25) is 0 Å². The molecule has 0 radical (unpaired) electrons. The van der Waals surface area contributed by atoms with Crippen LogP contribution in [0.25, 0.3) is 11.3 Å². The third-order valence-electron chi connectivity index (χ3n) is 4.66. The molecule has 0 fully saturated rings. The van der Waals surface area contributed by atoms with E-state index in [1.165, 1.54) is 6.07 Å². The lowest BCUT2D eigenvalue weighted by molar-refractivity contribution is 0.538. The summed E-state index contributed by atoms with van der Waals surface area (Å²) in [6, 6.07) is 16.7. The number of halogens is 1. The molecule has 2 aromatic carbocycles. The van der Waals surface area contributed by atoms with Gasteiger partial charge in [-0.15, -0.1) is 0 Å². The van der Waals surface area contributed by atoms with Crippen LogP contribution in [0, 0.1) is 5.82 Å². The van der Waals surface area contributed by atoms with E-state index < -0.39 is 0 Å². The Labute approximate surface area is 169 Å². The number of nitrogens with one attached hydrogen (secondary N) is 1. The van der Waals surface area contributed by atoms with Gasteiger partial charge in [0.05, 0.1) is 12.9 Å². The second-order valence-electron chi connectivity index (χ2n) is 6.81. The van der Waals surface area contributed by atoms with Crippen molar-refractivity contribution >= 4 is 0 Å². The van der Waals surface area contributed by atoms with Gasteiger partial charge in [-0.25, -0.2) is 9.37 Å². The Kier molecular flexibility index (Phi) is 6.07. The number of imidazole rings is 1. The highest BCUT2D eigenvalue weighted by atomic mass is 19.1. The van der Waals surface area contributed by atoms with Crippen LogP contribution in [0.3, 0.4) is 0 Å². The number of aryl methyl sites for hydroxylation is 1. The molecule has 29 heavy (non-hydrogen) atoms. The van der Waals surface area contributed by atoms with Crippen LogP contribution < -0.4 is 5.32 Å². The molecule has 0 saturated heterocycles. The first-order valence-corrected chi connectivity index (χ1v) is 9.69. The molecule has 0 unspecified atom stereocenters. The van der Waals surface area contributed by atoms with Gasteiger partial charge in [0, 0.05) is 36.6 Å². The highest BCUT2D eigenvalue weighted by Crippen LogP contribution is 2.20. The van der Waals surface area contributed by atoms with Crippen LogP contribution in [0.15, 0.2) is 73.3 Å². The van der Waals surface area contributed by atoms with Crippen LogP contribution >= 0.6 is 0 Å². The Hall–Kier alpha value is -3.32. The molecule has 2 aromatic heterocycles. The molecule has 0 aliphatic rings. The van der Waals surface area contributed by atoms with Crippen molar-refractivity contribution in [3.8, 4) is 11.3 Å². The zero-order chi connectivity index (χ0) is 19.9. The lowest BCUT2D eigenvalue weighted by Gasteiger charge is -2.05. The van der Waals surface area contributed by atoms with Gasteiger partial charge in [-0.05, 0) is 19.0 Å². The smallest absolute Gasteiger partial charge is 0.128 e. The topological polar surface area (TPSA) is 60.6 Å². The molecule has 6 nitrogen and oxygen atoms in total. The fraction of sp³-hybridized carbons (Fsp3) is 0.227. The first-order valence-electron chi connectivity index (χ1n) is 9.69. The molecule has 2 heterocycles. The van der Waals surface area contributed by atoms with Crippen molar-refractivity contribution in [2.24, 2.45) is 0 Å². The molecule has 148 valence electrons. The number of nitrogens with zero attached hydrogens (tertiary/aromatic N) is 5. The summed E-state index contributed by atoms with van der Waals surface area (Å²) >= 11 is 0. The van der Waals surface area contributed by atoms with Crippen molar-refractivity contribution in [2.45, 2.75) is 26.1 Å². The Bertz CT molecular complexity index is 1030. The Balaban J connectivity index is 1.45. The van der Waals surface area contributed by atoms with Gasteiger partial charge in [0.2, 0.25) is 0 Å². The third-order valence-corrected chi connectivity index (χ3v) is 4.66. The normalized spacial score (nSPS) is 11.1. The first-order chi connectivity index (χ1) is 14.3. The summed E-state index contributed by atoms with van der Waals surface area (Å²) in [7, 11) is 0. The predicted octanol–water partition coefficient (Wildman–Crippen LogP) is 3.51. The van der Waals surface area contributed by atoms with Crippen molar-refractivity contribution in [3.05, 3.63) is 90.4 Å².